The van der Waals surface area contributed by atoms with E-state index >= 15 is 0 Å². The standard InChI is InChI=1S/C67H129NO5/c1-3-5-7-9-11-13-15-17-19-20-21-22-23-24-25-28-32-35-39-43-47-51-55-59-65(70)64(63-69)68-66(71)60-56-52-48-44-40-36-33-29-26-27-30-34-38-42-46-50-54-58-62-73-67(72)61-57-53-49-45-41-37-31-18-16-14-12-10-8-6-4-2/h18,31,55,59,64-65,69-70H,3-17,19-30,32-54,56-58,60-63H2,1-2H3,(H,68,71)/b31-18-,59-55+. The van der Waals surface area contributed by atoms with Crippen molar-refractivity contribution in [2.45, 2.75) is 379 Å². The van der Waals surface area contributed by atoms with Gasteiger partial charge in [0.1, 0.15) is 0 Å². The fourth-order valence-corrected chi connectivity index (χ4v) is 10.4. The fraction of sp³-hybridized carbons (Fsp3) is 0.910. The van der Waals surface area contributed by atoms with Gasteiger partial charge < -0.3 is 20.3 Å². The second-order valence-corrected chi connectivity index (χ2v) is 22.8. The van der Waals surface area contributed by atoms with E-state index in [-0.39, 0.29) is 18.5 Å². The van der Waals surface area contributed by atoms with Crippen LogP contribution in [0.2, 0.25) is 0 Å². The summed E-state index contributed by atoms with van der Waals surface area (Å²) in [7, 11) is 0. The number of esters is 1. The minimum Gasteiger partial charge on any atom is -0.466 e. The molecule has 6 nitrogen and oxygen atoms in total. The van der Waals surface area contributed by atoms with E-state index in [9.17, 15) is 19.8 Å². The van der Waals surface area contributed by atoms with Gasteiger partial charge in [-0.25, -0.2) is 0 Å². The highest BCUT2D eigenvalue weighted by Gasteiger charge is 2.18. The molecule has 0 aromatic heterocycles. The maximum Gasteiger partial charge on any atom is 0.305 e. The van der Waals surface area contributed by atoms with Crippen LogP contribution in [0.4, 0.5) is 0 Å². The zero-order valence-electron chi connectivity index (χ0n) is 49.4. The van der Waals surface area contributed by atoms with Crippen molar-refractivity contribution in [2.75, 3.05) is 13.2 Å². The molecule has 2 unspecified atom stereocenters. The molecular weight excluding hydrogens is 899 g/mol. The molecule has 1 amide bonds. The summed E-state index contributed by atoms with van der Waals surface area (Å²) >= 11 is 0. The third-order valence-electron chi connectivity index (χ3n) is 15.5. The van der Waals surface area contributed by atoms with Crippen LogP contribution in [0.15, 0.2) is 24.3 Å². The molecule has 3 N–H and O–H groups in total. The topological polar surface area (TPSA) is 95.9 Å². The number of aliphatic hydroxyl groups is 2. The summed E-state index contributed by atoms with van der Waals surface area (Å²) in [6, 6.07) is -0.632. The Morgan fingerprint density at radius 3 is 0.973 bits per heavy atom. The lowest BCUT2D eigenvalue weighted by molar-refractivity contribution is -0.143. The van der Waals surface area contributed by atoms with Gasteiger partial charge in [0.05, 0.1) is 25.4 Å². The van der Waals surface area contributed by atoms with Crippen molar-refractivity contribution in [2.24, 2.45) is 0 Å². The average molecular weight is 1030 g/mol. The zero-order chi connectivity index (χ0) is 52.9. The van der Waals surface area contributed by atoms with Crippen molar-refractivity contribution in [3.05, 3.63) is 24.3 Å². The second-order valence-electron chi connectivity index (χ2n) is 22.8. The van der Waals surface area contributed by atoms with Gasteiger partial charge in [-0.05, 0) is 57.8 Å². The first-order valence-electron chi connectivity index (χ1n) is 33.1. The van der Waals surface area contributed by atoms with Crippen LogP contribution in [-0.4, -0.2) is 47.4 Å². The van der Waals surface area contributed by atoms with Crippen LogP contribution in [0.1, 0.15) is 367 Å². The molecule has 2 atom stereocenters. The Kier molecular flexibility index (Phi) is 61.4. The molecule has 0 aliphatic rings. The van der Waals surface area contributed by atoms with E-state index in [1.807, 2.05) is 6.08 Å². The molecule has 0 heterocycles. The lowest BCUT2D eigenvalue weighted by Gasteiger charge is -2.20. The van der Waals surface area contributed by atoms with Gasteiger partial charge in [0, 0.05) is 12.8 Å². The molecule has 0 saturated heterocycles. The lowest BCUT2D eigenvalue weighted by atomic mass is 10.0. The number of carbonyl (C=O) groups excluding carboxylic acids is 2. The number of rotatable bonds is 62. The molecule has 0 saturated carbocycles. The van der Waals surface area contributed by atoms with Gasteiger partial charge in [0.15, 0.2) is 0 Å². The van der Waals surface area contributed by atoms with E-state index in [2.05, 4.69) is 31.3 Å². The van der Waals surface area contributed by atoms with Gasteiger partial charge in [0.25, 0.3) is 0 Å². The van der Waals surface area contributed by atoms with Crippen molar-refractivity contribution >= 4 is 11.9 Å². The van der Waals surface area contributed by atoms with E-state index in [1.54, 1.807) is 6.08 Å². The SMILES string of the molecule is CCCCCCCC/C=C\CCCCCCCC(=O)OCCCCCCCCCCCCCCCCCCCCC(=O)NC(CO)C(O)/C=C/CCCCCCCCCCCCCCCCCCCCCCC. The van der Waals surface area contributed by atoms with E-state index in [4.69, 9.17) is 4.74 Å². The van der Waals surface area contributed by atoms with Gasteiger partial charge in [-0.2, -0.15) is 0 Å². The van der Waals surface area contributed by atoms with Gasteiger partial charge in [-0.3, -0.25) is 9.59 Å². The number of aliphatic hydroxyl groups excluding tert-OH is 2. The minimum atomic E-state index is -0.849. The largest absolute Gasteiger partial charge is 0.466 e. The van der Waals surface area contributed by atoms with Crippen molar-refractivity contribution in [3.63, 3.8) is 0 Å². The third kappa shape index (κ3) is 59.4. The van der Waals surface area contributed by atoms with Crippen LogP contribution in [0, 0.1) is 0 Å². The number of nitrogens with one attached hydrogen (secondary N) is 1. The van der Waals surface area contributed by atoms with E-state index in [0.717, 1.165) is 44.9 Å². The first-order valence-corrected chi connectivity index (χ1v) is 33.1. The summed E-state index contributed by atoms with van der Waals surface area (Å²) in [5, 5.41) is 23.2. The highest BCUT2D eigenvalue weighted by atomic mass is 16.5. The highest BCUT2D eigenvalue weighted by molar-refractivity contribution is 5.76. The molecule has 6 heteroatoms. The number of ether oxygens (including phenoxy) is 1. The van der Waals surface area contributed by atoms with E-state index in [0.29, 0.717) is 19.4 Å². The lowest BCUT2D eigenvalue weighted by Crippen LogP contribution is -2.45. The molecule has 432 valence electrons. The molecule has 0 fully saturated rings. The Labute approximate surface area is 456 Å². The number of carbonyl (C=O) groups is 2. The summed E-state index contributed by atoms with van der Waals surface area (Å²) in [4.78, 5) is 24.6. The minimum absolute atomic E-state index is 0.000603. The molecule has 0 spiro atoms. The monoisotopic (exact) mass is 1030 g/mol. The summed E-state index contributed by atoms with van der Waals surface area (Å²) in [6.45, 7) is 4.92. The van der Waals surface area contributed by atoms with Gasteiger partial charge in [-0.1, -0.05) is 321 Å². The number of hydrogen-bond acceptors (Lipinski definition) is 5. The van der Waals surface area contributed by atoms with Gasteiger partial charge >= 0.3 is 5.97 Å². The third-order valence-corrected chi connectivity index (χ3v) is 15.5. The van der Waals surface area contributed by atoms with Gasteiger partial charge in [-0.15, -0.1) is 0 Å². The summed E-state index contributed by atoms with van der Waals surface area (Å²) in [6.07, 6.45) is 78.0. The predicted molar refractivity (Wildman–Crippen MR) is 320 cm³/mol. The van der Waals surface area contributed by atoms with Crippen molar-refractivity contribution in [3.8, 4) is 0 Å². The Morgan fingerprint density at radius 1 is 0.370 bits per heavy atom. The summed E-state index contributed by atoms with van der Waals surface area (Å²) in [5.74, 6) is -0.0689. The molecule has 0 aromatic rings. The Morgan fingerprint density at radius 2 is 0.644 bits per heavy atom. The Hall–Kier alpha value is -1.66. The first kappa shape index (κ1) is 71.3. The normalized spacial score (nSPS) is 12.7. The number of unbranched alkanes of at least 4 members (excludes halogenated alkanes) is 49. The molecular formula is C67H129NO5. The number of hydrogen-bond donors (Lipinski definition) is 3. The molecule has 0 radical (unpaired) electrons. The molecule has 0 aliphatic heterocycles. The Bertz CT molecular complexity index is 1140. The molecule has 0 bridgehead atoms. The quantitative estimate of drug-likeness (QED) is 0.0320. The van der Waals surface area contributed by atoms with Crippen molar-refractivity contribution in [1.29, 1.82) is 0 Å². The smallest absolute Gasteiger partial charge is 0.305 e. The number of allylic oxidation sites excluding steroid dienone is 3. The van der Waals surface area contributed by atoms with Crippen molar-refractivity contribution in [1.82, 2.24) is 5.32 Å². The summed E-state index contributed by atoms with van der Waals surface area (Å²) < 4.78 is 5.48. The van der Waals surface area contributed by atoms with E-state index < -0.39 is 12.1 Å². The first-order chi connectivity index (χ1) is 36.0. The predicted octanol–water partition coefficient (Wildman–Crippen LogP) is 21.0. The molecule has 0 aromatic carbocycles. The molecule has 0 rings (SSSR count). The van der Waals surface area contributed by atoms with Crippen LogP contribution in [0.5, 0.6) is 0 Å². The maximum atomic E-state index is 12.5. The fourth-order valence-electron chi connectivity index (χ4n) is 10.4. The van der Waals surface area contributed by atoms with Crippen molar-refractivity contribution < 1.29 is 24.5 Å². The molecule has 0 aliphatic carbocycles. The van der Waals surface area contributed by atoms with E-state index in [1.165, 1.54) is 295 Å². The number of amides is 1. The maximum absolute atomic E-state index is 12.5. The van der Waals surface area contributed by atoms with Crippen LogP contribution < -0.4 is 5.32 Å². The second kappa shape index (κ2) is 62.9. The highest BCUT2D eigenvalue weighted by Crippen LogP contribution is 2.18. The zero-order valence-corrected chi connectivity index (χ0v) is 49.4. The summed E-state index contributed by atoms with van der Waals surface area (Å²) in [5.41, 5.74) is 0. The Balaban J connectivity index is 3.44. The average Bonchev–Trinajstić information content (AvgIpc) is 3.39. The van der Waals surface area contributed by atoms with Crippen LogP contribution >= 0.6 is 0 Å². The van der Waals surface area contributed by atoms with Crippen LogP contribution in [-0.2, 0) is 14.3 Å². The van der Waals surface area contributed by atoms with Crippen LogP contribution in [0.3, 0.4) is 0 Å². The van der Waals surface area contributed by atoms with Crippen LogP contribution in [0.25, 0.3) is 0 Å². The molecule has 73 heavy (non-hydrogen) atoms. The van der Waals surface area contributed by atoms with Gasteiger partial charge in [0.2, 0.25) is 5.91 Å².